The van der Waals surface area contributed by atoms with Crippen LogP contribution in [0.1, 0.15) is 31.0 Å². The Labute approximate surface area is 190 Å². The van der Waals surface area contributed by atoms with E-state index in [1.165, 1.54) is 14.2 Å². The molecule has 0 fully saturated rings. The van der Waals surface area contributed by atoms with E-state index in [2.05, 4.69) is 10.6 Å². The largest absolute Gasteiger partial charge is 0.495 e. The first kappa shape index (κ1) is 22.8. The number of carbonyl (C=O) groups is 2. The third-order valence-electron chi connectivity index (χ3n) is 4.58. The molecule has 31 heavy (non-hydrogen) atoms. The van der Waals surface area contributed by atoms with Gasteiger partial charge in [-0.2, -0.15) is 0 Å². The van der Waals surface area contributed by atoms with Crippen LogP contribution in [0.25, 0.3) is 5.70 Å². The van der Waals surface area contributed by atoms with Crippen molar-refractivity contribution in [2.24, 2.45) is 0 Å². The molecule has 7 nitrogen and oxygen atoms in total. The van der Waals surface area contributed by atoms with Gasteiger partial charge in [0.05, 0.1) is 42.7 Å². The molecule has 2 N–H and O–H groups in total. The third kappa shape index (κ3) is 4.57. The zero-order valence-corrected chi connectivity index (χ0v) is 18.9. The lowest BCUT2D eigenvalue weighted by atomic mass is 9.92. The minimum atomic E-state index is -0.939. The molecule has 1 atom stereocenters. The monoisotopic (exact) mass is 464 g/mol. The first-order valence-electron chi connectivity index (χ1n) is 9.46. The number of methoxy groups -OCH3 is 2. The summed E-state index contributed by atoms with van der Waals surface area (Å²) in [6.07, 6.45) is -0.375. The van der Waals surface area contributed by atoms with Gasteiger partial charge in [-0.3, -0.25) is 0 Å². The molecule has 0 spiro atoms. The molecule has 3 rings (SSSR count). The smallest absolute Gasteiger partial charge is 0.338 e. The van der Waals surface area contributed by atoms with Gasteiger partial charge in [0.15, 0.2) is 5.75 Å². The Morgan fingerprint density at radius 1 is 1.06 bits per heavy atom. The number of ether oxygens (including phenoxy) is 3. The summed E-state index contributed by atoms with van der Waals surface area (Å²) in [7, 11) is 2.85. The van der Waals surface area contributed by atoms with Gasteiger partial charge >= 0.3 is 12.0 Å². The Morgan fingerprint density at radius 2 is 1.71 bits per heavy atom. The Hall–Kier alpha value is -2.90. The van der Waals surface area contributed by atoms with Crippen LogP contribution in [0.15, 0.2) is 42.0 Å². The van der Waals surface area contributed by atoms with Gasteiger partial charge < -0.3 is 24.8 Å². The van der Waals surface area contributed by atoms with Gasteiger partial charge in [-0.05, 0) is 25.5 Å². The predicted molar refractivity (Wildman–Crippen MR) is 119 cm³/mol. The molecule has 2 aromatic carbocycles. The van der Waals surface area contributed by atoms with Crippen molar-refractivity contribution in [3.63, 3.8) is 0 Å². The molecule has 1 aliphatic rings. The summed E-state index contributed by atoms with van der Waals surface area (Å²) >= 11 is 12.8. The van der Waals surface area contributed by atoms with E-state index >= 15 is 0 Å². The summed E-state index contributed by atoms with van der Waals surface area (Å²) in [6.45, 7) is 3.48. The molecule has 1 unspecified atom stereocenters. The highest BCUT2D eigenvalue weighted by Crippen LogP contribution is 2.46. The SMILES string of the molecule is COc1c(Cl)cc(C2NC(=O)NC(c3ccccc3)=C2C(=O)OC(C)C)c(OC)c1Cl. The minimum absolute atomic E-state index is 0.123. The molecule has 0 saturated carbocycles. The van der Waals surface area contributed by atoms with Crippen molar-refractivity contribution in [2.45, 2.75) is 26.0 Å². The molecule has 9 heteroatoms. The van der Waals surface area contributed by atoms with Gasteiger partial charge in [-0.1, -0.05) is 53.5 Å². The highest BCUT2D eigenvalue weighted by Gasteiger charge is 2.37. The molecule has 0 saturated heterocycles. The summed E-state index contributed by atoms with van der Waals surface area (Å²) in [5.41, 5.74) is 1.54. The zero-order chi connectivity index (χ0) is 22.7. The van der Waals surface area contributed by atoms with Crippen LogP contribution in [0.4, 0.5) is 4.79 Å². The zero-order valence-electron chi connectivity index (χ0n) is 17.4. The van der Waals surface area contributed by atoms with Crippen LogP contribution >= 0.6 is 23.2 Å². The normalized spacial score (nSPS) is 16.0. The summed E-state index contributed by atoms with van der Waals surface area (Å²) in [5, 5.41) is 5.81. The van der Waals surface area contributed by atoms with Gasteiger partial charge in [0.1, 0.15) is 10.8 Å². The van der Waals surface area contributed by atoms with Crippen LogP contribution in [-0.2, 0) is 9.53 Å². The van der Waals surface area contributed by atoms with Crippen molar-refractivity contribution in [2.75, 3.05) is 14.2 Å². The van der Waals surface area contributed by atoms with Crippen LogP contribution in [0.2, 0.25) is 10.0 Å². The van der Waals surface area contributed by atoms with E-state index in [0.29, 0.717) is 16.8 Å². The maximum absolute atomic E-state index is 13.2. The Bertz CT molecular complexity index is 1040. The summed E-state index contributed by atoms with van der Waals surface area (Å²) in [6, 6.07) is 9.12. The average Bonchev–Trinajstić information content (AvgIpc) is 2.73. The number of carbonyl (C=O) groups excluding carboxylic acids is 2. The number of hydrogen-bond donors (Lipinski definition) is 2. The molecule has 0 bridgehead atoms. The molecule has 1 aliphatic heterocycles. The summed E-state index contributed by atoms with van der Waals surface area (Å²) in [4.78, 5) is 25.7. The Kier molecular flexibility index (Phi) is 6.97. The van der Waals surface area contributed by atoms with E-state index in [1.807, 2.05) is 6.07 Å². The van der Waals surface area contributed by atoms with Crippen LogP contribution in [0.5, 0.6) is 11.5 Å². The first-order chi connectivity index (χ1) is 14.8. The van der Waals surface area contributed by atoms with Crippen molar-refractivity contribution < 1.29 is 23.8 Å². The van der Waals surface area contributed by atoms with Crippen molar-refractivity contribution in [3.8, 4) is 11.5 Å². The second kappa shape index (κ2) is 9.49. The maximum Gasteiger partial charge on any atom is 0.338 e. The number of hydrogen-bond acceptors (Lipinski definition) is 5. The van der Waals surface area contributed by atoms with Gasteiger partial charge in [0, 0.05) is 5.56 Å². The van der Waals surface area contributed by atoms with Crippen molar-refractivity contribution in [1.82, 2.24) is 10.6 Å². The Balaban J connectivity index is 2.29. The fourth-order valence-corrected chi connectivity index (χ4v) is 4.04. The van der Waals surface area contributed by atoms with Gasteiger partial charge in [0.25, 0.3) is 0 Å². The number of esters is 1. The number of nitrogens with one attached hydrogen (secondary N) is 2. The lowest BCUT2D eigenvalue weighted by Crippen LogP contribution is -2.45. The van der Waals surface area contributed by atoms with E-state index in [1.54, 1.807) is 44.2 Å². The van der Waals surface area contributed by atoms with Crippen LogP contribution in [0.3, 0.4) is 0 Å². The molecule has 2 aromatic rings. The number of amides is 2. The van der Waals surface area contributed by atoms with Crippen molar-refractivity contribution in [3.05, 3.63) is 63.1 Å². The van der Waals surface area contributed by atoms with Crippen molar-refractivity contribution >= 4 is 40.9 Å². The molecule has 0 radical (unpaired) electrons. The Morgan fingerprint density at radius 3 is 2.29 bits per heavy atom. The van der Waals surface area contributed by atoms with Gasteiger partial charge in [-0.25, -0.2) is 9.59 Å². The fraction of sp³-hybridized carbons (Fsp3) is 0.273. The summed E-state index contributed by atoms with van der Waals surface area (Å²) < 4.78 is 16.2. The lowest BCUT2D eigenvalue weighted by molar-refractivity contribution is -0.143. The van der Waals surface area contributed by atoms with Crippen LogP contribution < -0.4 is 20.1 Å². The van der Waals surface area contributed by atoms with E-state index in [0.717, 1.165) is 0 Å². The fourth-order valence-electron chi connectivity index (χ4n) is 3.34. The van der Waals surface area contributed by atoms with Crippen LogP contribution in [-0.4, -0.2) is 32.3 Å². The molecule has 0 aromatic heterocycles. The summed E-state index contributed by atoms with van der Waals surface area (Å²) in [5.74, 6) is -0.156. The van der Waals surface area contributed by atoms with Gasteiger partial charge in [-0.15, -0.1) is 0 Å². The molecule has 0 aliphatic carbocycles. The van der Waals surface area contributed by atoms with E-state index in [9.17, 15) is 9.59 Å². The lowest BCUT2D eigenvalue weighted by Gasteiger charge is -2.31. The van der Waals surface area contributed by atoms with Gasteiger partial charge in [0.2, 0.25) is 0 Å². The molecule has 164 valence electrons. The molecular formula is C22H22Cl2N2O5. The quantitative estimate of drug-likeness (QED) is 0.603. The molecule has 1 heterocycles. The number of rotatable bonds is 6. The average molecular weight is 465 g/mol. The minimum Gasteiger partial charge on any atom is -0.495 e. The highest BCUT2D eigenvalue weighted by molar-refractivity contribution is 6.38. The second-order valence-electron chi connectivity index (χ2n) is 6.97. The number of urea groups is 1. The third-order valence-corrected chi connectivity index (χ3v) is 5.20. The highest BCUT2D eigenvalue weighted by atomic mass is 35.5. The second-order valence-corrected chi connectivity index (χ2v) is 7.75. The van der Waals surface area contributed by atoms with E-state index < -0.39 is 18.0 Å². The van der Waals surface area contributed by atoms with Crippen LogP contribution in [0, 0.1) is 0 Å². The predicted octanol–water partition coefficient (Wildman–Crippen LogP) is 4.73. The first-order valence-corrected chi connectivity index (χ1v) is 10.2. The topological polar surface area (TPSA) is 85.9 Å². The van der Waals surface area contributed by atoms with E-state index in [4.69, 9.17) is 37.4 Å². The maximum atomic E-state index is 13.2. The number of halogens is 2. The molecule has 2 amide bonds. The standard InChI is InChI=1S/C22H22Cl2N2O5/c1-11(2)31-21(27)15-17(12-8-6-5-7-9-12)25-22(28)26-18(15)13-10-14(23)20(30-4)16(24)19(13)29-3/h5-11,18H,1-4H3,(H2,25,26,28). The van der Waals surface area contributed by atoms with Crippen molar-refractivity contribution in [1.29, 1.82) is 0 Å². The number of benzene rings is 2. The molecular weight excluding hydrogens is 443 g/mol. The van der Waals surface area contributed by atoms with E-state index in [-0.39, 0.29) is 33.2 Å².